The van der Waals surface area contributed by atoms with Crippen molar-refractivity contribution in [1.82, 2.24) is 9.55 Å². The summed E-state index contributed by atoms with van der Waals surface area (Å²) in [6, 6.07) is 8.14. The van der Waals surface area contributed by atoms with Gasteiger partial charge in [0.05, 0.1) is 6.61 Å². The highest BCUT2D eigenvalue weighted by atomic mass is 16.5. The molecule has 0 radical (unpaired) electrons. The number of allylic oxidation sites excluding steroid dienone is 1. The fourth-order valence-electron chi connectivity index (χ4n) is 2.69. The second-order valence-corrected chi connectivity index (χ2v) is 5.47. The van der Waals surface area contributed by atoms with Gasteiger partial charge in [-0.3, -0.25) is 0 Å². The van der Waals surface area contributed by atoms with Crippen LogP contribution >= 0.6 is 0 Å². The highest BCUT2D eigenvalue weighted by Crippen LogP contribution is 2.42. The van der Waals surface area contributed by atoms with Gasteiger partial charge in [0.1, 0.15) is 17.3 Å². The Bertz CT molecular complexity index is 656. The maximum atomic E-state index is 6.36. The molecule has 1 aliphatic carbocycles. The van der Waals surface area contributed by atoms with Crippen molar-refractivity contribution in [2.24, 2.45) is 0 Å². The number of benzene rings is 1. The first-order valence-electron chi connectivity index (χ1n) is 7.30. The minimum Gasteiger partial charge on any atom is -0.383 e. The van der Waals surface area contributed by atoms with Crippen molar-refractivity contribution in [2.75, 3.05) is 12.8 Å². The fraction of sp³-hybridized carbons (Fsp3) is 0.353. The molecule has 1 aromatic heterocycles. The number of nitrogens with two attached hydrogens (primary N) is 1. The predicted molar refractivity (Wildman–Crippen MR) is 85.0 cm³/mol. The van der Waals surface area contributed by atoms with Crippen LogP contribution in [0.15, 0.2) is 36.9 Å². The zero-order valence-corrected chi connectivity index (χ0v) is 12.4. The van der Waals surface area contributed by atoms with Crippen LogP contribution in [0.4, 0.5) is 5.82 Å². The molecular formula is C17H21N3O. The van der Waals surface area contributed by atoms with Crippen LogP contribution in [0, 0.1) is 0 Å². The van der Waals surface area contributed by atoms with Gasteiger partial charge in [0.25, 0.3) is 0 Å². The van der Waals surface area contributed by atoms with Crippen LogP contribution in [0.1, 0.15) is 30.1 Å². The minimum atomic E-state index is 0.551. The van der Waals surface area contributed by atoms with Gasteiger partial charge in [-0.1, -0.05) is 30.3 Å². The monoisotopic (exact) mass is 283 g/mol. The second kappa shape index (κ2) is 5.74. The van der Waals surface area contributed by atoms with Crippen molar-refractivity contribution in [3.05, 3.63) is 48.3 Å². The van der Waals surface area contributed by atoms with Gasteiger partial charge in [0, 0.05) is 25.1 Å². The standard InChI is InChI=1S/C17H21N3O/c1-3-10-20-16(18)15(19-17(20)12-8-9-12)14-7-5-4-6-13(14)11-21-2/h3-7,12H,1,8-11,18H2,2H3. The van der Waals surface area contributed by atoms with E-state index in [-0.39, 0.29) is 0 Å². The molecule has 0 bridgehead atoms. The van der Waals surface area contributed by atoms with E-state index in [1.807, 2.05) is 18.2 Å². The van der Waals surface area contributed by atoms with Crippen molar-refractivity contribution < 1.29 is 4.74 Å². The SMILES string of the molecule is C=CCn1c(C2CC2)nc(-c2ccccc2COC)c1N. The highest BCUT2D eigenvalue weighted by Gasteiger charge is 2.31. The largest absolute Gasteiger partial charge is 0.383 e. The molecule has 0 aliphatic heterocycles. The molecule has 0 saturated heterocycles. The topological polar surface area (TPSA) is 53.1 Å². The van der Waals surface area contributed by atoms with Gasteiger partial charge >= 0.3 is 0 Å². The Morgan fingerprint density at radius 1 is 1.43 bits per heavy atom. The number of hydrogen-bond donors (Lipinski definition) is 1. The summed E-state index contributed by atoms with van der Waals surface area (Å²) in [6.45, 7) is 5.09. The average molecular weight is 283 g/mol. The molecular weight excluding hydrogens is 262 g/mol. The molecule has 0 amide bonds. The van der Waals surface area contributed by atoms with E-state index >= 15 is 0 Å². The van der Waals surface area contributed by atoms with Crippen LogP contribution < -0.4 is 5.73 Å². The average Bonchev–Trinajstić information content (AvgIpc) is 3.28. The normalized spacial score (nSPS) is 14.3. The first kappa shape index (κ1) is 13.9. The third-order valence-electron chi connectivity index (χ3n) is 3.86. The molecule has 2 aromatic rings. The molecule has 4 nitrogen and oxygen atoms in total. The summed E-state index contributed by atoms with van der Waals surface area (Å²) in [4.78, 5) is 4.84. The van der Waals surface area contributed by atoms with Crippen LogP contribution in [-0.4, -0.2) is 16.7 Å². The van der Waals surface area contributed by atoms with Crippen LogP contribution in [0.3, 0.4) is 0 Å². The first-order chi connectivity index (χ1) is 10.3. The summed E-state index contributed by atoms with van der Waals surface area (Å²) in [6.07, 6.45) is 4.27. The fourth-order valence-corrected chi connectivity index (χ4v) is 2.69. The Morgan fingerprint density at radius 3 is 2.86 bits per heavy atom. The van der Waals surface area contributed by atoms with E-state index in [1.165, 1.54) is 12.8 Å². The lowest BCUT2D eigenvalue weighted by molar-refractivity contribution is 0.185. The van der Waals surface area contributed by atoms with Gasteiger partial charge in [0.2, 0.25) is 0 Å². The molecule has 3 rings (SSSR count). The first-order valence-corrected chi connectivity index (χ1v) is 7.30. The van der Waals surface area contributed by atoms with Gasteiger partial charge in [-0.15, -0.1) is 6.58 Å². The lowest BCUT2D eigenvalue weighted by Crippen LogP contribution is -2.05. The zero-order chi connectivity index (χ0) is 14.8. The molecule has 1 fully saturated rings. The molecule has 110 valence electrons. The second-order valence-electron chi connectivity index (χ2n) is 5.47. The highest BCUT2D eigenvalue weighted by molar-refractivity contribution is 5.74. The van der Waals surface area contributed by atoms with Crippen molar-refractivity contribution >= 4 is 5.82 Å². The van der Waals surface area contributed by atoms with E-state index in [0.29, 0.717) is 19.1 Å². The Morgan fingerprint density at radius 2 is 2.19 bits per heavy atom. The molecule has 1 saturated carbocycles. The summed E-state index contributed by atoms with van der Waals surface area (Å²) in [5, 5.41) is 0. The van der Waals surface area contributed by atoms with Gasteiger partial charge < -0.3 is 15.0 Å². The lowest BCUT2D eigenvalue weighted by Gasteiger charge is -2.08. The molecule has 1 heterocycles. The van der Waals surface area contributed by atoms with Crippen LogP contribution in [0.5, 0.6) is 0 Å². The third-order valence-corrected chi connectivity index (χ3v) is 3.86. The number of hydrogen-bond acceptors (Lipinski definition) is 3. The van der Waals surface area contributed by atoms with Gasteiger partial charge in [-0.25, -0.2) is 4.98 Å². The van der Waals surface area contributed by atoms with Crippen molar-refractivity contribution in [1.29, 1.82) is 0 Å². The van der Waals surface area contributed by atoms with E-state index in [2.05, 4.69) is 23.3 Å². The summed E-state index contributed by atoms with van der Waals surface area (Å²) >= 11 is 0. The number of nitrogen functional groups attached to an aromatic ring is 1. The molecule has 0 unspecified atom stereocenters. The molecule has 1 aliphatic rings. The van der Waals surface area contributed by atoms with Crippen LogP contribution in [0.25, 0.3) is 11.3 Å². The predicted octanol–water partition coefficient (Wildman–Crippen LogP) is 3.34. The molecule has 1 aromatic carbocycles. The smallest absolute Gasteiger partial charge is 0.132 e. The number of nitrogens with zero attached hydrogens (tertiary/aromatic N) is 2. The zero-order valence-electron chi connectivity index (χ0n) is 12.4. The Labute approximate surface area is 125 Å². The van der Waals surface area contributed by atoms with Crippen molar-refractivity contribution in [2.45, 2.75) is 31.9 Å². The van der Waals surface area contributed by atoms with E-state index in [4.69, 9.17) is 15.5 Å². The van der Waals surface area contributed by atoms with Gasteiger partial charge in [-0.2, -0.15) is 0 Å². The molecule has 4 heteroatoms. The molecule has 0 atom stereocenters. The van der Waals surface area contributed by atoms with E-state index in [1.54, 1.807) is 7.11 Å². The minimum absolute atomic E-state index is 0.551. The molecule has 2 N–H and O–H groups in total. The number of aromatic nitrogens is 2. The Kier molecular flexibility index (Phi) is 3.80. The summed E-state index contributed by atoms with van der Waals surface area (Å²) in [7, 11) is 1.70. The van der Waals surface area contributed by atoms with E-state index in [9.17, 15) is 0 Å². The number of rotatable bonds is 6. The number of methoxy groups -OCH3 is 1. The summed E-state index contributed by atoms with van der Waals surface area (Å²) < 4.78 is 7.37. The maximum Gasteiger partial charge on any atom is 0.132 e. The van der Waals surface area contributed by atoms with E-state index in [0.717, 1.165) is 28.5 Å². The third kappa shape index (κ3) is 2.59. The Hall–Kier alpha value is -2.07. The Balaban J connectivity index is 2.10. The van der Waals surface area contributed by atoms with Crippen molar-refractivity contribution in [3.8, 4) is 11.3 Å². The van der Waals surface area contributed by atoms with Crippen LogP contribution in [0.2, 0.25) is 0 Å². The van der Waals surface area contributed by atoms with Crippen LogP contribution in [-0.2, 0) is 17.9 Å². The number of imidazole rings is 1. The number of ether oxygens (including phenoxy) is 1. The maximum absolute atomic E-state index is 6.36. The van der Waals surface area contributed by atoms with E-state index < -0.39 is 0 Å². The van der Waals surface area contributed by atoms with Crippen molar-refractivity contribution in [3.63, 3.8) is 0 Å². The summed E-state index contributed by atoms with van der Waals surface area (Å²) in [5.41, 5.74) is 9.40. The summed E-state index contributed by atoms with van der Waals surface area (Å²) in [5.74, 6) is 2.37. The molecule has 21 heavy (non-hydrogen) atoms. The van der Waals surface area contributed by atoms with Gasteiger partial charge in [-0.05, 0) is 18.4 Å². The van der Waals surface area contributed by atoms with Gasteiger partial charge in [0.15, 0.2) is 0 Å². The quantitative estimate of drug-likeness (QED) is 0.827. The lowest BCUT2D eigenvalue weighted by atomic mass is 10.1. The molecule has 0 spiro atoms. The number of anilines is 1.